The van der Waals surface area contributed by atoms with Gasteiger partial charge in [-0.3, -0.25) is 0 Å². The van der Waals surface area contributed by atoms with Gasteiger partial charge < -0.3 is 5.11 Å². The standard InChI is InChI=1S/C12H18O3S/c1-10(2)8-11(13)9-16(14,15)12-6-4-3-5-7-12/h3-7,10-11,13H,8-9H2,1-2H3/t11-/m1/s1. The number of hydrogen-bond acceptors (Lipinski definition) is 3. The molecule has 0 aliphatic rings. The Labute approximate surface area is 97.0 Å². The number of sulfone groups is 1. The second kappa shape index (κ2) is 5.46. The normalized spacial score (nSPS) is 14.0. The number of aliphatic hydroxyl groups excluding tert-OH is 1. The molecule has 90 valence electrons. The van der Waals surface area contributed by atoms with Gasteiger partial charge in [-0.15, -0.1) is 0 Å². The van der Waals surface area contributed by atoms with Gasteiger partial charge in [0.25, 0.3) is 0 Å². The van der Waals surface area contributed by atoms with Crippen LogP contribution >= 0.6 is 0 Å². The quantitative estimate of drug-likeness (QED) is 0.857. The minimum Gasteiger partial charge on any atom is -0.392 e. The third-order valence-corrected chi connectivity index (χ3v) is 4.07. The van der Waals surface area contributed by atoms with Gasteiger partial charge in [-0.2, -0.15) is 0 Å². The largest absolute Gasteiger partial charge is 0.392 e. The first-order valence-corrected chi connectivity index (χ1v) is 7.03. The zero-order chi connectivity index (χ0) is 12.2. The molecule has 1 aromatic rings. The molecule has 4 heteroatoms. The summed E-state index contributed by atoms with van der Waals surface area (Å²) in [5, 5.41) is 9.64. The molecule has 0 heterocycles. The highest BCUT2D eigenvalue weighted by molar-refractivity contribution is 7.91. The lowest BCUT2D eigenvalue weighted by Gasteiger charge is -2.13. The van der Waals surface area contributed by atoms with Crippen molar-refractivity contribution >= 4 is 9.84 Å². The Morgan fingerprint density at radius 1 is 1.19 bits per heavy atom. The fourth-order valence-electron chi connectivity index (χ4n) is 1.59. The van der Waals surface area contributed by atoms with Crippen LogP contribution in [-0.2, 0) is 9.84 Å². The van der Waals surface area contributed by atoms with E-state index in [0.717, 1.165) is 0 Å². The molecule has 0 fully saturated rings. The van der Waals surface area contributed by atoms with Crippen LogP contribution in [0.2, 0.25) is 0 Å². The van der Waals surface area contributed by atoms with E-state index in [0.29, 0.717) is 12.3 Å². The first-order chi connectivity index (χ1) is 7.42. The summed E-state index contributed by atoms with van der Waals surface area (Å²) in [5.41, 5.74) is 0. The maximum Gasteiger partial charge on any atom is 0.180 e. The van der Waals surface area contributed by atoms with E-state index in [9.17, 15) is 13.5 Å². The summed E-state index contributed by atoms with van der Waals surface area (Å²) in [6.07, 6.45) is -0.281. The topological polar surface area (TPSA) is 54.4 Å². The van der Waals surface area contributed by atoms with Gasteiger partial charge in [-0.1, -0.05) is 32.0 Å². The Bertz CT molecular complexity index is 409. The molecule has 16 heavy (non-hydrogen) atoms. The summed E-state index contributed by atoms with van der Waals surface area (Å²) in [7, 11) is -3.36. The van der Waals surface area contributed by atoms with Crippen molar-refractivity contribution in [3.8, 4) is 0 Å². The summed E-state index contributed by atoms with van der Waals surface area (Å²) in [6, 6.07) is 8.24. The van der Waals surface area contributed by atoms with Gasteiger partial charge >= 0.3 is 0 Å². The molecule has 0 radical (unpaired) electrons. The fraction of sp³-hybridized carbons (Fsp3) is 0.500. The number of hydrogen-bond donors (Lipinski definition) is 1. The van der Waals surface area contributed by atoms with E-state index >= 15 is 0 Å². The number of aliphatic hydroxyl groups is 1. The maximum atomic E-state index is 11.9. The van der Waals surface area contributed by atoms with Gasteiger partial charge in [0, 0.05) is 0 Å². The first-order valence-electron chi connectivity index (χ1n) is 5.37. The molecule has 0 unspecified atom stereocenters. The van der Waals surface area contributed by atoms with Gasteiger partial charge in [0.2, 0.25) is 0 Å². The zero-order valence-electron chi connectivity index (χ0n) is 9.63. The fourth-order valence-corrected chi connectivity index (χ4v) is 3.00. The summed E-state index contributed by atoms with van der Waals surface area (Å²) in [5.74, 6) is 0.0934. The molecule has 1 N–H and O–H groups in total. The minimum atomic E-state index is -3.36. The molecule has 0 aromatic heterocycles. The SMILES string of the molecule is CC(C)C[C@@H](O)CS(=O)(=O)c1ccccc1. The van der Waals surface area contributed by atoms with E-state index in [1.54, 1.807) is 30.3 Å². The molecular weight excluding hydrogens is 224 g/mol. The van der Waals surface area contributed by atoms with Crippen LogP contribution in [0.5, 0.6) is 0 Å². The zero-order valence-corrected chi connectivity index (χ0v) is 10.4. The van der Waals surface area contributed by atoms with Crippen molar-refractivity contribution in [1.82, 2.24) is 0 Å². The lowest BCUT2D eigenvalue weighted by molar-refractivity contribution is 0.170. The van der Waals surface area contributed by atoms with Gasteiger partial charge in [0.15, 0.2) is 9.84 Å². The summed E-state index contributed by atoms with van der Waals surface area (Å²) in [4.78, 5) is 0.276. The lowest BCUT2D eigenvalue weighted by atomic mass is 10.1. The average Bonchev–Trinajstić information content (AvgIpc) is 2.16. The van der Waals surface area contributed by atoms with Crippen LogP contribution in [0, 0.1) is 5.92 Å². The Hall–Kier alpha value is -0.870. The van der Waals surface area contributed by atoms with Crippen molar-refractivity contribution in [3.05, 3.63) is 30.3 Å². The van der Waals surface area contributed by atoms with Gasteiger partial charge in [0.05, 0.1) is 16.8 Å². The predicted octanol–water partition coefficient (Wildman–Crippen LogP) is 1.87. The van der Waals surface area contributed by atoms with Crippen LogP contribution in [0.4, 0.5) is 0 Å². The highest BCUT2D eigenvalue weighted by Crippen LogP contribution is 2.14. The molecule has 0 saturated carbocycles. The molecule has 3 nitrogen and oxygen atoms in total. The minimum absolute atomic E-state index is 0.199. The lowest BCUT2D eigenvalue weighted by Crippen LogP contribution is -2.22. The second-order valence-electron chi connectivity index (χ2n) is 4.38. The molecule has 1 atom stereocenters. The Kier molecular flexibility index (Phi) is 4.50. The van der Waals surface area contributed by atoms with E-state index in [-0.39, 0.29) is 10.6 Å². The number of benzene rings is 1. The van der Waals surface area contributed by atoms with Crippen molar-refractivity contribution < 1.29 is 13.5 Å². The summed E-state index contributed by atoms with van der Waals surface area (Å²) in [6.45, 7) is 3.91. The molecule has 0 aliphatic heterocycles. The van der Waals surface area contributed by atoms with E-state index in [1.807, 2.05) is 13.8 Å². The molecule has 0 spiro atoms. The van der Waals surface area contributed by atoms with E-state index in [2.05, 4.69) is 0 Å². The van der Waals surface area contributed by atoms with Crippen molar-refractivity contribution in [3.63, 3.8) is 0 Å². The third-order valence-electron chi connectivity index (χ3n) is 2.26. The van der Waals surface area contributed by atoms with Gasteiger partial charge in [-0.05, 0) is 24.5 Å². The first kappa shape index (κ1) is 13.2. The van der Waals surface area contributed by atoms with Crippen LogP contribution in [0.15, 0.2) is 35.2 Å². The molecule has 1 rings (SSSR count). The Morgan fingerprint density at radius 2 is 1.75 bits per heavy atom. The number of rotatable bonds is 5. The van der Waals surface area contributed by atoms with Crippen molar-refractivity contribution in [1.29, 1.82) is 0 Å². The molecule has 1 aromatic carbocycles. The van der Waals surface area contributed by atoms with Gasteiger partial charge in [-0.25, -0.2) is 8.42 Å². The van der Waals surface area contributed by atoms with E-state index in [1.165, 1.54) is 0 Å². The Morgan fingerprint density at radius 3 is 2.25 bits per heavy atom. The molecule has 0 amide bonds. The molecular formula is C12H18O3S. The second-order valence-corrected chi connectivity index (χ2v) is 6.41. The van der Waals surface area contributed by atoms with E-state index in [4.69, 9.17) is 0 Å². The van der Waals surface area contributed by atoms with Gasteiger partial charge in [0.1, 0.15) is 0 Å². The third kappa shape index (κ3) is 3.94. The highest BCUT2D eigenvalue weighted by atomic mass is 32.2. The Balaban J connectivity index is 2.73. The predicted molar refractivity (Wildman–Crippen MR) is 64.0 cm³/mol. The van der Waals surface area contributed by atoms with Crippen molar-refractivity contribution in [2.75, 3.05) is 5.75 Å². The monoisotopic (exact) mass is 242 g/mol. The highest BCUT2D eigenvalue weighted by Gasteiger charge is 2.19. The summed E-state index contributed by atoms with van der Waals surface area (Å²) >= 11 is 0. The molecule has 0 saturated heterocycles. The van der Waals surface area contributed by atoms with Crippen LogP contribution in [-0.4, -0.2) is 25.4 Å². The smallest absolute Gasteiger partial charge is 0.180 e. The molecule has 0 bridgehead atoms. The molecule has 0 aliphatic carbocycles. The van der Waals surface area contributed by atoms with Crippen LogP contribution in [0.1, 0.15) is 20.3 Å². The van der Waals surface area contributed by atoms with Crippen LogP contribution < -0.4 is 0 Å². The maximum absolute atomic E-state index is 11.9. The van der Waals surface area contributed by atoms with Crippen LogP contribution in [0.3, 0.4) is 0 Å². The summed E-state index contributed by atoms with van der Waals surface area (Å²) < 4.78 is 23.7. The van der Waals surface area contributed by atoms with Crippen LogP contribution in [0.25, 0.3) is 0 Å². The van der Waals surface area contributed by atoms with E-state index < -0.39 is 15.9 Å². The van der Waals surface area contributed by atoms with Crippen molar-refractivity contribution in [2.45, 2.75) is 31.3 Å². The van der Waals surface area contributed by atoms with Crippen molar-refractivity contribution in [2.24, 2.45) is 5.92 Å². The average molecular weight is 242 g/mol.